The molecule has 27 heavy (non-hydrogen) atoms. The number of likely N-dealkylation sites (tertiary alicyclic amines) is 1. The standard InChI is InChI=1S/C19H28FN5O2/c1-13(2)18(27)25-11-8-14(12-25)24-19(21-3)23-10-9-22-17(26)15-6-4-5-7-16(15)20/h4-7,13-14H,8-12H2,1-3H3,(H,22,26)(H2,21,23,24). The van der Waals surface area contributed by atoms with Crippen molar-refractivity contribution in [2.45, 2.75) is 26.3 Å². The molecule has 1 aliphatic heterocycles. The lowest BCUT2D eigenvalue weighted by molar-refractivity contribution is -0.133. The number of halogens is 1. The van der Waals surface area contributed by atoms with Crippen molar-refractivity contribution < 1.29 is 14.0 Å². The van der Waals surface area contributed by atoms with Crippen molar-refractivity contribution in [2.24, 2.45) is 10.9 Å². The van der Waals surface area contributed by atoms with Gasteiger partial charge in [-0.2, -0.15) is 0 Å². The van der Waals surface area contributed by atoms with Gasteiger partial charge in [-0.1, -0.05) is 26.0 Å². The fourth-order valence-electron chi connectivity index (χ4n) is 2.93. The van der Waals surface area contributed by atoms with Gasteiger partial charge in [-0.05, 0) is 18.6 Å². The first-order chi connectivity index (χ1) is 12.9. The molecule has 8 heteroatoms. The number of aliphatic imine (C=N–C) groups is 1. The maximum absolute atomic E-state index is 13.6. The third kappa shape index (κ3) is 5.94. The van der Waals surface area contributed by atoms with Crippen molar-refractivity contribution in [3.05, 3.63) is 35.6 Å². The molecule has 1 saturated heterocycles. The summed E-state index contributed by atoms with van der Waals surface area (Å²) in [6.07, 6.45) is 0.864. The van der Waals surface area contributed by atoms with E-state index in [1.54, 1.807) is 19.2 Å². The van der Waals surface area contributed by atoms with Crippen LogP contribution in [0.5, 0.6) is 0 Å². The molecule has 0 spiro atoms. The lowest BCUT2D eigenvalue weighted by atomic mass is 10.2. The van der Waals surface area contributed by atoms with Gasteiger partial charge < -0.3 is 20.9 Å². The van der Waals surface area contributed by atoms with Crippen LogP contribution in [0.4, 0.5) is 4.39 Å². The molecule has 0 aliphatic carbocycles. The van der Waals surface area contributed by atoms with Gasteiger partial charge in [0.15, 0.2) is 5.96 Å². The number of carbonyl (C=O) groups excluding carboxylic acids is 2. The molecule has 1 aromatic carbocycles. The lowest BCUT2D eigenvalue weighted by Crippen LogP contribution is -2.47. The van der Waals surface area contributed by atoms with Crippen LogP contribution < -0.4 is 16.0 Å². The van der Waals surface area contributed by atoms with Crippen LogP contribution in [0.15, 0.2) is 29.3 Å². The number of nitrogens with one attached hydrogen (secondary N) is 3. The first-order valence-electron chi connectivity index (χ1n) is 9.21. The lowest BCUT2D eigenvalue weighted by Gasteiger charge is -2.20. The van der Waals surface area contributed by atoms with E-state index in [-0.39, 0.29) is 23.4 Å². The highest BCUT2D eigenvalue weighted by Gasteiger charge is 2.27. The zero-order chi connectivity index (χ0) is 19.8. The Balaban J connectivity index is 1.71. The number of rotatable bonds is 6. The zero-order valence-corrected chi connectivity index (χ0v) is 16.1. The SMILES string of the molecule is CN=C(NCCNC(=O)c1ccccc1F)NC1CCN(C(=O)C(C)C)C1. The zero-order valence-electron chi connectivity index (χ0n) is 16.1. The van der Waals surface area contributed by atoms with Crippen LogP contribution in [0.25, 0.3) is 0 Å². The van der Waals surface area contributed by atoms with Gasteiger partial charge in [0.25, 0.3) is 5.91 Å². The van der Waals surface area contributed by atoms with Crippen molar-refractivity contribution in [3.63, 3.8) is 0 Å². The molecule has 1 atom stereocenters. The third-order valence-electron chi connectivity index (χ3n) is 4.38. The monoisotopic (exact) mass is 377 g/mol. The molecule has 0 bridgehead atoms. The summed E-state index contributed by atoms with van der Waals surface area (Å²) in [6.45, 7) is 5.97. The number of carbonyl (C=O) groups is 2. The molecule has 1 fully saturated rings. The second kappa shape index (κ2) is 9.89. The Morgan fingerprint density at radius 3 is 2.63 bits per heavy atom. The average Bonchev–Trinajstić information content (AvgIpc) is 3.12. The highest BCUT2D eigenvalue weighted by atomic mass is 19.1. The molecule has 0 aromatic heterocycles. The summed E-state index contributed by atoms with van der Waals surface area (Å²) in [5.41, 5.74) is 0.0286. The van der Waals surface area contributed by atoms with Crippen molar-refractivity contribution in [2.75, 3.05) is 33.2 Å². The topological polar surface area (TPSA) is 85.8 Å². The van der Waals surface area contributed by atoms with E-state index in [9.17, 15) is 14.0 Å². The van der Waals surface area contributed by atoms with Crippen LogP contribution in [-0.2, 0) is 4.79 Å². The van der Waals surface area contributed by atoms with Crippen molar-refractivity contribution in [3.8, 4) is 0 Å². The number of hydrogen-bond donors (Lipinski definition) is 3. The number of guanidine groups is 1. The van der Waals surface area contributed by atoms with E-state index < -0.39 is 11.7 Å². The summed E-state index contributed by atoms with van der Waals surface area (Å²) >= 11 is 0. The molecular weight excluding hydrogens is 349 g/mol. The first kappa shape index (κ1) is 20.7. The molecule has 0 radical (unpaired) electrons. The summed E-state index contributed by atoms with van der Waals surface area (Å²) in [7, 11) is 1.67. The van der Waals surface area contributed by atoms with Gasteiger partial charge in [0.2, 0.25) is 5.91 Å². The van der Waals surface area contributed by atoms with Gasteiger partial charge in [-0.15, -0.1) is 0 Å². The van der Waals surface area contributed by atoms with Gasteiger partial charge in [-0.3, -0.25) is 14.6 Å². The van der Waals surface area contributed by atoms with E-state index in [1.807, 2.05) is 18.7 Å². The minimum atomic E-state index is -0.540. The highest BCUT2D eigenvalue weighted by Crippen LogP contribution is 2.12. The maximum atomic E-state index is 13.6. The van der Waals surface area contributed by atoms with Crippen LogP contribution in [0, 0.1) is 11.7 Å². The number of benzene rings is 1. The average molecular weight is 377 g/mol. The van der Waals surface area contributed by atoms with Crippen LogP contribution >= 0.6 is 0 Å². The van der Waals surface area contributed by atoms with Crippen LogP contribution in [0.1, 0.15) is 30.6 Å². The van der Waals surface area contributed by atoms with Crippen molar-refractivity contribution in [1.29, 1.82) is 0 Å². The van der Waals surface area contributed by atoms with E-state index in [0.29, 0.717) is 25.6 Å². The van der Waals surface area contributed by atoms with Crippen LogP contribution in [0.3, 0.4) is 0 Å². The third-order valence-corrected chi connectivity index (χ3v) is 4.38. The largest absolute Gasteiger partial charge is 0.355 e. The molecule has 1 unspecified atom stereocenters. The van der Waals surface area contributed by atoms with Gasteiger partial charge >= 0.3 is 0 Å². The van der Waals surface area contributed by atoms with Gasteiger partial charge in [0.1, 0.15) is 5.82 Å². The van der Waals surface area contributed by atoms with E-state index >= 15 is 0 Å². The maximum Gasteiger partial charge on any atom is 0.254 e. The molecular formula is C19H28FN5O2. The normalized spacial score (nSPS) is 17.1. The minimum absolute atomic E-state index is 0.000694. The fraction of sp³-hybridized carbons (Fsp3) is 0.526. The van der Waals surface area contributed by atoms with Crippen molar-refractivity contribution >= 4 is 17.8 Å². The Morgan fingerprint density at radius 2 is 1.96 bits per heavy atom. The smallest absolute Gasteiger partial charge is 0.254 e. The molecule has 1 heterocycles. The fourth-order valence-corrected chi connectivity index (χ4v) is 2.93. The summed E-state index contributed by atoms with van der Waals surface area (Å²) in [5.74, 6) is -0.213. The second-order valence-electron chi connectivity index (χ2n) is 6.80. The van der Waals surface area contributed by atoms with Gasteiger partial charge in [-0.25, -0.2) is 4.39 Å². The minimum Gasteiger partial charge on any atom is -0.355 e. The molecule has 1 aromatic rings. The van der Waals surface area contributed by atoms with E-state index in [0.717, 1.165) is 13.0 Å². The molecule has 3 N–H and O–H groups in total. The predicted octanol–water partition coefficient (Wildman–Crippen LogP) is 0.977. The van der Waals surface area contributed by atoms with E-state index in [1.165, 1.54) is 12.1 Å². The van der Waals surface area contributed by atoms with Crippen LogP contribution in [0.2, 0.25) is 0 Å². The predicted molar refractivity (Wildman–Crippen MR) is 103 cm³/mol. The van der Waals surface area contributed by atoms with Gasteiger partial charge in [0, 0.05) is 45.2 Å². The van der Waals surface area contributed by atoms with Crippen molar-refractivity contribution in [1.82, 2.24) is 20.9 Å². The Hall–Kier alpha value is -2.64. The summed E-state index contributed by atoms with van der Waals surface area (Å²) < 4.78 is 13.6. The highest BCUT2D eigenvalue weighted by molar-refractivity contribution is 5.94. The number of amides is 2. The summed E-state index contributed by atoms with van der Waals surface area (Å²) in [6, 6.07) is 6.02. The summed E-state index contributed by atoms with van der Waals surface area (Å²) in [5, 5.41) is 9.07. The van der Waals surface area contributed by atoms with E-state index in [4.69, 9.17) is 0 Å². The van der Waals surface area contributed by atoms with E-state index in [2.05, 4.69) is 20.9 Å². The first-order valence-corrected chi connectivity index (χ1v) is 9.21. The molecule has 2 amide bonds. The Morgan fingerprint density at radius 1 is 1.26 bits per heavy atom. The molecule has 0 saturated carbocycles. The summed E-state index contributed by atoms with van der Waals surface area (Å²) in [4.78, 5) is 30.0. The Bertz CT molecular complexity index is 692. The number of hydrogen-bond acceptors (Lipinski definition) is 3. The Labute approximate surface area is 159 Å². The molecule has 7 nitrogen and oxygen atoms in total. The second-order valence-corrected chi connectivity index (χ2v) is 6.80. The van der Waals surface area contributed by atoms with Crippen LogP contribution in [-0.4, -0.2) is 61.9 Å². The molecule has 1 aliphatic rings. The Kier molecular flexibility index (Phi) is 7.57. The van der Waals surface area contributed by atoms with Gasteiger partial charge in [0.05, 0.1) is 5.56 Å². The number of nitrogens with zero attached hydrogens (tertiary/aromatic N) is 2. The molecule has 148 valence electrons. The molecule has 2 rings (SSSR count). The quantitative estimate of drug-likeness (QED) is 0.392.